The third kappa shape index (κ3) is 5.92. The average Bonchev–Trinajstić information content (AvgIpc) is 3.23. The van der Waals surface area contributed by atoms with Crippen molar-refractivity contribution in [3.63, 3.8) is 0 Å². The highest BCUT2D eigenvalue weighted by molar-refractivity contribution is 5.83. The molecular weight excluding hydrogens is 476 g/mol. The lowest BCUT2D eigenvalue weighted by Gasteiger charge is -2.32. The Morgan fingerprint density at radius 2 is 1.82 bits per heavy atom. The Bertz CT molecular complexity index is 1410. The van der Waals surface area contributed by atoms with Crippen LogP contribution in [-0.2, 0) is 13.1 Å². The summed E-state index contributed by atoms with van der Waals surface area (Å²) in [5.74, 6) is 0.991. The van der Waals surface area contributed by atoms with Crippen LogP contribution in [0.15, 0.2) is 48.5 Å². The summed E-state index contributed by atoms with van der Waals surface area (Å²) in [6.45, 7) is 10.1. The third-order valence-electron chi connectivity index (χ3n) is 7.35. The first kappa shape index (κ1) is 26.0. The zero-order valence-electron chi connectivity index (χ0n) is 22.5. The molecule has 1 saturated heterocycles. The lowest BCUT2D eigenvalue weighted by Crippen LogP contribution is -2.40. The maximum absolute atomic E-state index is 10.6. The Morgan fingerprint density at radius 3 is 2.58 bits per heavy atom. The number of piperidine rings is 1. The number of aromatic hydroxyl groups is 1. The van der Waals surface area contributed by atoms with Gasteiger partial charge in [0.1, 0.15) is 11.4 Å². The highest BCUT2D eigenvalue weighted by Crippen LogP contribution is 2.29. The molecule has 0 saturated carbocycles. The minimum Gasteiger partial charge on any atom is -0.506 e. The molecule has 200 valence electrons. The molecule has 0 radical (unpaired) electrons. The Labute approximate surface area is 224 Å². The van der Waals surface area contributed by atoms with E-state index in [0.717, 1.165) is 66.4 Å². The second-order valence-electron chi connectivity index (χ2n) is 10.4. The second-order valence-corrected chi connectivity index (χ2v) is 10.4. The van der Waals surface area contributed by atoms with Crippen molar-refractivity contribution in [3.05, 3.63) is 76.6 Å². The zero-order valence-corrected chi connectivity index (χ0v) is 22.5. The standard InChI is InChI=1S/C30H38N6O2/c1-20-5-4-6-25(15-20)31-18-23-16-21(2)29-27(17-23)36(19-26-28(38)8-7-22(3)32-26)30(34-29)33-24-9-11-35(12-10-24)13-14-37/h4-8,15-17,24,31,37-38H,9-14,18-19H2,1-3H3,(H,33,34). The van der Waals surface area contributed by atoms with Crippen molar-refractivity contribution in [1.82, 2.24) is 19.4 Å². The molecule has 8 heteroatoms. The lowest BCUT2D eigenvalue weighted by molar-refractivity contribution is 0.168. The van der Waals surface area contributed by atoms with Crippen LogP contribution in [-0.4, -0.2) is 61.9 Å². The van der Waals surface area contributed by atoms with Gasteiger partial charge in [-0.2, -0.15) is 0 Å². The van der Waals surface area contributed by atoms with Gasteiger partial charge in [0.05, 0.1) is 24.2 Å². The van der Waals surface area contributed by atoms with Gasteiger partial charge in [0.2, 0.25) is 5.95 Å². The van der Waals surface area contributed by atoms with Crippen LogP contribution < -0.4 is 10.6 Å². The quantitative estimate of drug-likeness (QED) is 0.259. The average molecular weight is 515 g/mol. The Balaban J connectivity index is 1.47. The topological polar surface area (TPSA) is 98.5 Å². The number of pyridine rings is 1. The summed E-state index contributed by atoms with van der Waals surface area (Å²) in [7, 11) is 0. The number of rotatable bonds is 9. The zero-order chi connectivity index (χ0) is 26.6. The van der Waals surface area contributed by atoms with E-state index in [1.807, 2.05) is 13.0 Å². The number of fused-ring (bicyclic) bond motifs is 1. The Hall–Kier alpha value is -3.62. The maximum atomic E-state index is 10.6. The number of aromatic nitrogens is 3. The van der Waals surface area contributed by atoms with E-state index in [4.69, 9.17) is 4.98 Å². The first-order chi connectivity index (χ1) is 18.4. The number of aliphatic hydroxyl groups is 1. The van der Waals surface area contributed by atoms with Crippen LogP contribution in [0.25, 0.3) is 11.0 Å². The van der Waals surface area contributed by atoms with Gasteiger partial charge in [-0.1, -0.05) is 18.2 Å². The number of anilines is 2. The predicted molar refractivity (Wildman–Crippen MR) is 153 cm³/mol. The number of hydrogen-bond acceptors (Lipinski definition) is 7. The summed E-state index contributed by atoms with van der Waals surface area (Å²) in [6, 6.07) is 16.6. The van der Waals surface area contributed by atoms with E-state index in [1.165, 1.54) is 11.1 Å². The smallest absolute Gasteiger partial charge is 0.204 e. The second kappa shape index (κ2) is 11.4. The van der Waals surface area contributed by atoms with Gasteiger partial charge in [-0.15, -0.1) is 0 Å². The fourth-order valence-electron chi connectivity index (χ4n) is 5.29. The van der Waals surface area contributed by atoms with E-state index >= 15 is 0 Å². The molecule has 38 heavy (non-hydrogen) atoms. The Morgan fingerprint density at radius 1 is 1.00 bits per heavy atom. The number of benzene rings is 2. The minimum atomic E-state index is 0.190. The summed E-state index contributed by atoms with van der Waals surface area (Å²) < 4.78 is 2.15. The number of β-amino-alcohol motifs (C(OH)–C–C–N with tert-alkyl or cyclic N) is 1. The molecule has 0 atom stereocenters. The van der Waals surface area contributed by atoms with Gasteiger partial charge in [-0.05, 0) is 80.6 Å². The number of likely N-dealkylation sites (tertiary alicyclic amines) is 1. The van der Waals surface area contributed by atoms with Gasteiger partial charge in [0.25, 0.3) is 0 Å². The summed E-state index contributed by atoms with van der Waals surface area (Å²) in [6.07, 6.45) is 1.98. The number of nitrogens with one attached hydrogen (secondary N) is 2. The lowest BCUT2D eigenvalue weighted by atomic mass is 10.1. The van der Waals surface area contributed by atoms with Crippen LogP contribution in [0.1, 0.15) is 40.9 Å². The van der Waals surface area contributed by atoms with Gasteiger partial charge in [-0.25, -0.2) is 4.98 Å². The maximum Gasteiger partial charge on any atom is 0.204 e. The van der Waals surface area contributed by atoms with Crippen molar-refractivity contribution in [1.29, 1.82) is 0 Å². The Kier molecular flexibility index (Phi) is 7.81. The van der Waals surface area contributed by atoms with Gasteiger partial charge in [0, 0.05) is 43.6 Å². The number of nitrogens with zero attached hydrogens (tertiary/aromatic N) is 4. The molecule has 3 heterocycles. The van der Waals surface area contributed by atoms with E-state index in [0.29, 0.717) is 24.8 Å². The molecule has 1 aliphatic heterocycles. The van der Waals surface area contributed by atoms with Crippen LogP contribution in [0.4, 0.5) is 11.6 Å². The molecule has 0 aliphatic carbocycles. The highest BCUT2D eigenvalue weighted by atomic mass is 16.3. The first-order valence-corrected chi connectivity index (χ1v) is 13.4. The molecule has 0 amide bonds. The van der Waals surface area contributed by atoms with Crippen LogP contribution in [0.5, 0.6) is 5.75 Å². The van der Waals surface area contributed by atoms with Gasteiger partial charge in [-0.3, -0.25) is 4.98 Å². The largest absolute Gasteiger partial charge is 0.506 e. The molecule has 0 bridgehead atoms. The van der Waals surface area contributed by atoms with E-state index in [-0.39, 0.29) is 12.4 Å². The molecule has 8 nitrogen and oxygen atoms in total. The summed E-state index contributed by atoms with van der Waals surface area (Å²) in [4.78, 5) is 12.0. The summed E-state index contributed by atoms with van der Waals surface area (Å²) in [5, 5.41) is 27.1. The van der Waals surface area contributed by atoms with Crippen molar-refractivity contribution in [2.75, 3.05) is 36.9 Å². The van der Waals surface area contributed by atoms with Crippen molar-refractivity contribution in [2.45, 2.75) is 52.7 Å². The predicted octanol–water partition coefficient (Wildman–Crippen LogP) is 4.59. The molecule has 1 fully saturated rings. The number of aryl methyl sites for hydroxylation is 3. The van der Waals surface area contributed by atoms with Crippen LogP contribution in [0, 0.1) is 20.8 Å². The fraction of sp³-hybridized carbons (Fsp3) is 0.400. The van der Waals surface area contributed by atoms with Crippen molar-refractivity contribution >= 4 is 22.7 Å². The summed E-state index contributed by atoms with van der Waals surface area (Å²) in [5.41, 5.74) is 8.08. The minimum absolute atomic E-state index is 0.190. The van der Waals surface area contributed by atoms with E-state index in [9.17, 15) is 10.2 Å². The van der Waals surface area contributed by atoms with E-state index in [1.54, 1.807) is 6.07 Å². The van der Waals surface area contributed by atoms with Gasteiger partial charge >= 0.3 is 0 Å². The third-order valence-corrected chi connectivity index (χ3v) is 7.35. The fourth-order valence-corrected chi connectivity index (χ4v) is 5.29. The molecule has 4 N–H and O–H groups in total. The van der Waals surface area contributed by atoms with Crippen LogP contribution in [0.2, 0.25) is 0 Å². The van der Waals surface area contributed by atoms with Crippen LogP contribution in [0.3, 0.4) is 0 Å². The molecule has 0 unspecified atom stereocenters. The van der Waals surface area contributed by atoms with Crippen molar-refractivity contribution in [3.8, 4) is 5.75 Å². The van der Waals surface area contributed by atoms with Crippen molar-refractivity contribution < 1.29 is 10.2 Å². The number of imidazole rings is 1. The summed E-state index contributed by atoms with van der Waals surface area (Å²) >= 11 is 0. The number of aliphatic hydroxyl groups excluding tert-OH is 1. The monoisotopic (exact) mass is 514 g/mol. The SMILES string of the molecule is Cc1cccc(NCc2cc(C)c3nc(NC4CCN(CCO)CC4)n(Cc4nc(C)ccc4O)c3c2)c1. The molecule has 1 aliphatic rings. The van der Waals surface area contributed by atoms with Crippen molar-refractivity contribution in [2.24, 2.45) is 0 Å². The van der Waals surface area contributed by atoms with Gasteiger partial charge in [0.15, 0.2) is 0 Å². The van der Waals surface area contributed by atoms with E-state index < -0.39 is 0 Å². The number of hydrogen-bond donors (Lipinski definition) is 4. The van der Waals surface area contributed by atoms with Gasteiger partial charge < -0.3 is 30.3 Å². The first-order valence-electron chi connectivity index (χ1n) is 13.4. The molecule has 2 aromatic heterocycles. The molecule has 0 spiro atoms. The molecular formula is C30H38N6O2. The molecule has 4 aromatic rings. The highest BCUT2D eigenvalue weighted by Gasteiger charge is 2.22. The molecule has 2 aromatic carbocycles. The normalized spacial score (nSPS) is 14.7. The molecule has 5 rings (SSSR count). The van der Waals surface area contributed by atoms with Crippen LogP contribution >= 0.6 is 0 Å². The van der Waals surface area contributed by atoms with E-state index in [2.05, 4.69) is 75.3 Å².